The quantitative estimate of drug-likeness (QED) is 0.754. The van der Waals surface area contributed by atoms with Gasteiger partial charge in [0, 0.05) is 11.5 Å². The highest BCUT2D eigenvalue weighted by molar-refractivity contribution is 7.13. The summed E-state index contributed by atoms with van der Waals surface area (Å²) < 4.78 is 0. The predicted octanol–water partition coefficient (Wildman–Crippen LogP) is 3.05. The summed E-state index contributed by atoms with van der Waals surface area (Å²) in [5.74, 6) is -0.237. The summed E-state index contributed by atoms with van der Waals surface area (Å²) in [4.78, 5) is 24.7. The molecule has 0 aliphatic heterocycles. The van der Waals surface area contributed by atoms with Crippen molar-refractivity contribution in [2.24, 2.45) is 0 Å². The maximum absolute atomic E-state index is 11.8. The molecule has 2 heterocycles. The predicted molar refractivity (Wildman–Crippen MR) is 84.1 cm³/mol. The molecule has 0 aliphatic carbocycles. The van der Waals surface area contributed by atoms with E-state index in [0.29, 0.717) is 10.8 Å². The van der Waals surface area contributed by atoms with Gasteiger partial charge < -0.3 is 0 Å². The second-order valence-electron chi connectivity index (χ2n) is 4.40. The summed E-state index contributed by atoms with van der Waals surface area (Å²) in [5.41, 5.74) is 3.16. The number of benzene rings is 1. The Morgan fingerprint density at radius 1 is 1.24 bits per heavy atom. The molecular weight excluding hydrogens is 284 g/mol. The third kappa shape index (κ3) is 3.29. The van der Waals surface area contributed by atoms with Crippen LogP contribution < -0.4 is 5.32 Å². The van der Waals surface area contributed by atoms with Gasteiger partial charge in [0.15, 0.2) is 5.13 Å². The maximum atomic E-state index is 11.8. The van der Waals surface area contributed by atoms with E-state index in [1.54, 1.807) is 12.3 Å². The number of carbonyl (C=O) groups excluding carboxylic acids is 1. The summed E-state index contributed by atoms with van der Waals surface area (Å²) >= 11 is 1.40. The van der Waals surface area contributed by atoms with E-state index in [2.05, 4.69) is 20.3 Å². The molecule has 2 aromatic heterocycles. The summed E-state index contributed by atoms with van der Waals surface area (Å²) in [6.07, 6.45) is 4.70. The van der Waals surface area contributed by atoms with Crippen LogP contribution in [0.5, 0.6) is 0 Å². The monoisotopic (exact) mass is 296 g/mol. The number of amides is 1. The third-order valence-electron chi connectivity index (χ3n) is 2.72. The fourth-order valence-corrected chi connectivity index (χ4v) is 2.46. The van der Waals surface area contributed by atoms with Crippen molar-refractivity contribution in [1.29, 1.82) is 0 Å². The van der Waals surface area contributed by atoms with Crippen LogP contribution in [-0.2, 0) is 4.79 Å². The lowest BCUT2D eigenvalue weighted by molar-refractivity contribution is -0.111. The van der Waals surface area contributed by atoms with E-state index in [1.807, 2.05) is 36.6 Å². The average molecular weight is 296 g/mol. The lowest BCUT2D eigenvalue weighted by Gasteiger charge is -1.98. The van der Waals surface area contributed by atoms with Crippen molar-refractivity contribution in [2.75, 3.05) is 5.32 Å². The summed E-state index contributed by atoms with van der Waals surface area (Å²) in [7, 11) is 0. The fraction of sp³-hybridized carbons (Fsp3) is 0.0667. The average Bonchev–Trinajstić information content (AvgIpc) is 2.90. The zero-order valence-electron chi connectivity index (χ0n) is 11.3. The zero-order chi connectivity index (χ0) is 14.7. The van der Waals surface area contributed by atoms with E-state index in [1.165, 1.54) is 17.4 Å². The molecule has 0 saturated carbocycles. The smallest absolute Gasteiger partial charge is 0.250 e. The van der Waals surface area contributed by atoms with Crippen molar-refractivity contribution in [3.8, 4) is 0 Å². The molecule has 0 bridgehead atoms. The van der Waals surface area contributed by atoms with Crippen LogP contribution in [0, 0.1) is 6.92 Å². The number of aromatic nitrogens is 3. The number of rotatable bonds is 3. The lowest BCUT2D eigenvalue weighted by atomic mass is 10.3. The first-order valence-corrected chi connectivity index (χ1v) is 7.22. The number of anilines is 1. The second-order valence-corrected chi connectivity index (χ2v) is 5.26. The van der Waals surface area contributed by atoms with Crippen LogP contribution in [-0.4, -0.2) is 20.9 Å². The number of carbonyl (C=O) groups is 1. The molecule has 21 heavy (non-hydrogen) atoms. The first kappa shape index (κ1) is 13.4. The molecule has 104 valence electrons. The Hall–Kier alpha value is -2.60. The van der Waals surface area contributed by atoms with Crippen LogP contribution in [0.4, 0.5) is 5.13 Å². The van der Waals surface area contributed by atoms with E-state index >= 15 is 0 Å². The van der Waals surface area contributed by atoms with Crippen LogP contribution in [0.1, 0.15) is 11.4 Å². The SMILES string of the molecule is Cc1csc(NC(=O)/C=C/c2cnc3ccccc3n2)n1. The van der Waals surface area contributed by atoms with Crippen LogP contribution in [0.25, 0.3) is 17.1 Å². The summed E-state index contributed by atoms with van der Waals surface area (Å²) in [6, 6.07) is 7.60. The van der Waals surface area contributed by atoms with Crippen molar-refractivity contribution in [1.82, 2.24) is 15.0 Å². The Morgan fingerprint density at radius 2 is 2.05 bits per heavy atom. The minimum Gasteiger partial charge on any atom is -0.298 e. The van der Waals surface area contributed by atoms with Crippen molar-refractivity contribution < 1.29 is 4.79 Å². The van der Waals surface area contributed by atoms with Crippen LogP contribution in [0.15, 0.2) is 41.9 Å². The van der Waals surface area contributed by atoms with Crippen molar-refractivity contribution in [3.63, 3.8) is 0 Å². The normalized spacial score (nSPS) is 11.1. The second kappa shape index (κ2) is 5.80. The molecule has 0 unspecified atom stereocenters. The van der Waals surface area contributed by atoms with Gasteiger partial charge in [-0.25, -0.2) is 9.97 Å². The summed E-state index contributed by atoms with van der Waals surface area (Å²) in [5, 5.41) is 5.18. The van der Waals surface area contributed by atoms with Gasteiger partial charge in [0.25, 0.3) is 0 Å². The van der Waals surface area contributed by atoms with Gasteiger partial charge in [-0.05, 0) is 25.1 Å². The maximum Gasteiger partial charge on any atom is 0.250 e. The molecule has 1 N–H and O–H groups in total. The van der Waals surface area contributed by atoms with Gasteiger partial charge in [-0.3, -0.25) is 15.1 Å². The first-order chi connectivity index (χ1) is 10.2. The number of para-hydroxylation sites is 2. The Morgan fingerprint density at radius 3 is 2.81 bits per heavy atom. The van der Waals surface area contributed by atoms with E-state index in [9.17, 15) is 4.79 Å². The van der Waals surface area contributed by atoms with E-state index in [0.717, 1.165) is 16.7 Å². The molecule has 3 aromatic rings. The molecule has 3 rings (SSSR count). The number of nitrogens with zero attached hydrogens (tertiary/aromatic N) is 3. The molecule has 0 spiro atoms. The zero-order valence-corrected chi connectivity index (χ0v) is 12.1. The van der Waals surface area contributed by atoms with Gasteiger partial charge in [0.1, 0.15) is 0 Å². The van der Waals surface area contributed by atoms with Crippen molar-refractivity contribution >= 4 is 39.5 Å². The number of thiazole rings is 1. The molecule has 0 aliphatic rings. The Kier molecular flexibility index (Phi) is 3.70. The standard InChI is InChI=1S/C15H12N4OS/c1-10-9-21-15(17-10)19-14(20)7-6-11-8-16-12-4-2-3-5-13(12)18-11/h2-9H,1H3,(H,17,19,20)/b7-6+. The van der Waals surface area contributed by atoms with Crippen molar-refractivity contribution in [2.45, 2.75) is 6.92 Å². The van der Waals surface area contributed by atoms with Gasteiger partial charge in [-0.1, -0.05) is 12.1 Å². The topological polar surface area (TPSA) is 67.8 Å². The van der Waals surface area contributed by atoms with E-state index in [-0.39, 0.29) is 5.91 Å². The Balaban J connectivity index is 1.73. The van der Waals surface area contributed by atoms with Crippen LogP contribution in [0.3, 0.4) is 0 Å². The Labute approximate surface area is 125 Å². The first-order valence-electron chi connectivity index (χ1n) is 6.34. The van der Waals surface area contributed by atoms with Gasteiger partial charge >= 0.3 is 0 Å². The number of fused-ring (bicyclic) bond motifs is 1. The molecule has 0 fully saturated rings. The van der Waals surface area contributed by atoms with Gasteiger partial charge in [-0.15, -0.1) is 11.3 Å². The van der Waals surface area contributed by atoms with Gasteiger partial charge in [-0.2, -0.15) is 0 Å². The highest BCUT2D eigenvalue weighted by Crippen LogP contribution is 2.14. The molecule has 0 radical (unpaired) electrons. The minimum absolute atomic E-state index is 0.237. The van der Waals surface area contributed by atoms with Gasteiger partial charge in [0.2, 0.25) is 5.91 Å². The number of hydrogen-bond donors (Lipinski definition) is 1. The number of nitrogens with one attached hydrogen (secondary N) is 1. The molecule has 1 amide bonds. The highest BCUT2D eigenvalue weighted by atomic mass is 32.1. The minimum atomic E-state index is -0.237. The fourth-order valence-electron chi connectivity index (χ4n) is 1.77. The molecule has 0 saturated heterocycles. The van der Waals surface area contributed by atoms with Crippen molar-refractivity contribution in [3.05, 3.63) is 53.3 Å². The van der Waals surface area contributed by atoms with E-state index in [4.69, 9.17) is 0 Å². The molecule has 1 aromatic carbocycles. The molecule has 5 nitrogen and oxygen atoms in total. The lowest BCUT2D eigenvalue weighted by Crippen LogP contribution is -2.07. The molecule has 6 heteroatoms. The highest BCUT2D eigenvalue weighted by Gasteiger charge is 2.02. The third-order valence-corrected chi connectivity index (χ3v) is 3.60. The number of aryl methyl sites for hydroxylation is 1. The number of hydrogen-bond acceptors (Lipinski definition) is 5. The molecule has 0 atom stereocenters. The van der Waals surface area contributed by atoms with Gasteiger partial charge in [0.05, 0.1) is 28.6 Å². The largest absolute Gasteiger partial charge is 0.298 e. The summed E-state index contributed by atoms with van der Waals surface area (Å²) in [6.45, 7) is 1.88. The van der Waals surface area contributed by atoms with Crippen LogP contribution >= 0.6 is 11.3 Å². The Bertz CT molecular complexity index is 825. The van der Waals surface area contributed by atoms with Crippen LogP contribution in [0.2, 0.25) is 0 Å². The molecular formula is C15H12N4OS. The van der Waals surface area contributed by atoms with E-state index < -0.39 is 0 Å².